The van der Waals surface area contributed by atoms with Gasteiger partial charge in [0.15, 0.2) is 0 Å². The molecule has 0 unspecified atom stereocenters. The molecule has 0 heterocycles. The van der Waals surface area contributed by atoms with E-state index < -0.39 is 15.2 Å². The summed E-state index contributed by atoms with van der Waals surface area (Å²) in [6.45, 7) is 0. The molecule has 6 nitrogen and oxygen atoms in total. The Morgan fingerprint density at radius 1 is 0.708 bits per heavy atom. The maximum absolute atomic E-state index is 12.5. The van der Waals surface area contributed by atoms with Crippen molar-refractivity contribution >= 4 is 26.0 Å². The van der Waals surface area contributed by atoms with Crippen molar-refractivity contribution < 1.29 is 27.2 Å². The maximum Gasteiger partial charge on any atom is 0.334 e. The summed E-state index contributed by atoms with van der Waals surface area (Å²) in [7, 11) is -1.00. The Hall–Kier alpha value is -1.00. The van der Waals surface area contributed by atoms with Crippen LogP contribution in [-0.2, 0) is 39.5 Å². The second kappa shape index (κ2) is 7.92. The lowest BCUT2D eigenvalue weighted by molar-refractivity contribution is 0.274. The molecule has 0 aromatic heterocycles. The van der Waals surface area contributed by atoms with Gasteiger partial charge in [0.05, 0.1) is 12.3 Å². The van der Waals surface area contributed by atoms with Gasteiger partial charge in [-0.15, -0.1) is 0 Å². The van der Waals surface area contributed by atoms with Gasteiger partial charge in [-0.25, -0.2) is 0 Å². The molecule has 0 saturated heterocycles. The Morgan fingerprint density at radius 3 is 1.42 bits per heavy atom. The Kier molecular flexibility index (Phi) is 6.38. The van der Waals surface area contributed by atoms with Gasteiger partial charge < -0.3 is 18.1 Å². The predicted octanol–water partition coefficient (Wildman–Crippen LogP) is 4.81. The third kappa shape index (κ3) is 4.15. The van der Waals surface area contributed by atoms with Crippen LogP contribution in [0.25, 0.3) is 10.8 Å². The van der Waals surface area contributed by atoms with Crippen molar-refractivity contribution in [2.24, 2.45) is 0 Å². The Labute approximate surface area is 142 Å². The van der Waals surface area contributed by atoms with Crippen molar-refractivity contribution in [2.75, 3.05) is 28.4 Å². The summed E-state index contributed by atoms with van der Waals surface area (Å²) in [5.41, 5.74) is 1.60. The zero-order valence-electron chi connectivity index (χ0n) is 14.2. The van der Waals surface area contributed by atoms with Crippen molar-refractivity contribution in [2.45, 2.75) is 12.3 Å². The second-order valence-corrected chi connectivity index (χ2v) is 9.74. The highest BCUT2D eigenvalue weighted by Crippen LogP contribution is 2.53. The van der Waals surface area contributed by atoms with Gasteiger partial charge in [-0.05, 0) is 21.9 Å². The Balaban J connectivity index is 2.58. The molecule has 0 aliphatic heterocycles. The Bertz CT molecular complexity index is 726. The summed E-state index contributed by atoms with van der Waals surface area (Å²) in [4.78, 5) is 0. The quantitative estimate of drug-likeness (QED) is 0.619. The first-order valence-corrected chi connectivity index (χ1v) is 10.8. The smallest absolute Gasteiger partial charge is 0.312 e. The third-order valence-corrected chi connectivity index (χ3v) is 7.60. The highest BCUT2D eigenvalue weighted by atomic mass is 31.2. The highest BCUT2D eigenvalue weighted by Gasteiger charge is 2.26. The van der Waals surface area contributed by atoms with Crippen LogP contribution >= 0.6 is 15.2 Å². The minimum absolute atomic E-state index is 0.124. The molecule has 2 aromatic carbocycles. The monoisotopic (exact) mass is 372 g/mol. The number of fused-ring (bicyclic) bond motifs is 1. The summed E-state index contributed by atoms with van der Waals surface area (Å²) in [6.07, 6.45) is 0.247. The van der Waals surface area contributed by atoms with E-state index in [0.29, 0.717) is 0 Å². The topological polar surface area (TPSA) is 71.1 Å². The molecule has 0 aliphatic carbocycles. The van der Waals surface area contributed by atoms with Crippen molar-refractivity contribution in [1.82, 2.24) is 0 Å². The van der Waals surface area contributed by atoms with Gasteiger partial charge in [-0.3, -0.25) is 9.13 Å². The fourth-order valence-corrected chi connectivity index (χ4v) is 4.77. The number of rotatable bonds is 8. The summed E-state index contributed by atoms with van der Waals surface area (Å²) in [6, 6.07) is 11.4. The molecule has 24 heavy (non-hydrogen) atoms. The van der Waals surface area contributed by atoms with Crippen LogP contribution in [0, 0.1) is 0 Å². The maximum atomic E-state index is 12.5. The van der Waals surface area contributed by atoms with Gasteiger partial charge in [-0.1, -0.05) is 36.4 Å². The number of hydrogen-bond donors (Lipinski definition) is 0. The van der Waals surface area contributed by atoms with E-state index in [1.54, 1.807) is 0 Å². The van der Waals surface area contributed by atoms with Crippen LogP contribution in [-0.4, -0.2) is 28.4 Å². The van der Waals surface area contributed by atoms with Crippen molar-refractivity contribution in [3.05, 3.63) is 47.5 Å². The summed E-state index contributed by atoms with van der Waals surface area (Å²) in [5.74, 6) is 0. The van der Waals surface area contributed by atoms with Crippen LogP contribution in [0.2, 0.25) is 0 Å². The molecule has 8 heteroatoms. The zero-order chi connectivity index (χ0) is 17.8. The van der Waals surface area contributed by atoms with Gasteiger partial charge >= 0.3 is 15.2 Å². The molecule has 0 atom stereocenters. The molecule has 132 valence electrons. The van der Waals surface area contributed by atoms with E-state index in [4.69, 9.17) is 18.1 Å². The summed E-state index contributed by atoms with van der Waals surface area (Å²) in [5, 5.41) is 1.81. The van der Waals surface area contributed by atoms with Gasteiger partial charge in [0.2, 0.25) is 0 Å². The molecule has 0 aliphatic rings. The average molecular weight is 372 g/mol. The molecule has 0 saturated carbocycles. The highest BCUT2D eigenvalue weighted by molar-refractivity contribution is 7.53. The average Bonchev–Trinajstić information content (AvgIpc) is 2.61. The standard InChI is InChI=1S/C16H22O6P2/c1-19-23(17,20-2)11-14-9-5-7-13-8-6-10-15(16(13)14)12-24(18,21-3)22-4/h5-10H,11-12H2,1-4H3. The zero-order valence-corrected chi connectivity index (χ0v) is 16.0. The first kappa shape index (κ1) is 19.3. The Morgan fingerprint density at radius 2 is 1.08 bits per heavy atom. The fourth-order valence-electron chi connectivity index (χ4n) is 2.59. The second-order valence-electron chi connectivity index (χ2n) is 5.20. The normalized spacial score (nSPS) is 12.7. The van der Waals surface area contributed by atoms with Crippen LogP contribution in [0.5, 0.6) is 0 Å². The van der Waals surface area contributed by atoms with E-state index in [1.807, 2.05) is 36.4 Å². The van der Waals surface area contributed by atoms with E-state index in [2.05, 4.69) is 0 Å². The molecule has 0 N–H and O–H groups in total. The summed E-state index contributed by atoms with van der Waals surface area (Å²) >= 11 is 0. The molecule has 0 spiro atoms. The molecule has 2 rings (SSSR count). The first-order valence-electron chi connectivity index (χ1n) is 7.31. The van der Waals surface area contributed by atoms with E-state index in [9.17, 15) is 9.13 Å². The van der Waals surface area contributed by atoms with Crippen LogP contribution in [0.15, 0.2) is 36.4 Å². The van der Waals surface area contributed by atoms with Gasteiger partial charge in [0.25, 0.3) is 0 Å². The molecule has 0 radical (unpaired) electrons. The van der Waals surface area contributed by atoms with Crippen molar-refractivity contribution in [1.29, 1.82) is 0 Å². The fraction of sp³-hybridized carbons (Fsp3) is 0.375. The number of benzene rings is 2. The molecule has 2 aromatic rings. The van der Waals surface area contributed by atoms with Gasteiger partial charge in [0, 0.05) is 28.4 Å². The molecule has 0 fully saturated rings. The van der Waals surface area contributed by atoms with Gasteiger partial charge in [-0.2, -0.15) is 0 Å². The lowest BCUT2D eigenvalue weighted by atomic mass is 10.0. The minimum Gasteiger partial charge on any atom is -0.312 e. The SMILES string of the molecule is COP(=O)(Cc1cccc2cccc(CP(=O)(OC)OC)c12)OC. The largest absolute Gasteiger partial charge is 0.334 e. The third-order valence-electron chi connectivity index (χ3n) is 3.92. The molecule has 0 bridgehead atoms. The lowest BCUT2D eigenvalue weighted by Crippen LogP contribution is -1.99. The molecular formula is C16H22O6P2. The van der Waals surface area contributed by atoms with Gasteiger partial charge in [0.1, 0.15) is 0 Å². The first-order chi connectivity index (χ1) is 11.4. The molecule has 0 amide bonds. The molecular weight excluding hydrogens is 350 g/mol. The minimum atomic E-state index is -3.22. The van der Waals surface area contributed by atoms with E-state index in [1.165, 1.54) is 28.4 Å². The van der Waals surface area contributed by atoms with Crippen LogP contribution in [0.3, 0.4) is 0 Å². The van der Waals surface area contributed by atoms with E-state index >= 15 is 0 Å². The van der Waals surface area contributed by atoms with E-state index in [-0.39, 0.29) is 12.3 Å². The number of hydrogen-bond acceptors (Lipinski definition) is 6. The van der Waals surface area contributed by atoms with Crippen molar-refractivity contribution in [3.63, 3.8) is 0 Å². The van der Waals surface area contributed by atoms with Crippen LogP contribution in [0.1, 0.15) is 11.1 Å². The van der Waals surface area contributed by atoms with E-state index in [0.717, 1.165) is 21.9 Å². The lowest BCUT2D eigenvalue weighted by Gasteiger charge is -2.18. The summed E-state index contributed by atoms with van der Waals surface area (Å²) < 4.78 is 45.3. The predicted molar refractivity (Wildman–Crippen MR) is 94.6 cm³/mol. The van der Waals surface area contributed by atoms with Crippen molar-refractivity contribution in [3.8, 4) is 0 Å². The van der Waals surface area contributed by atoms with Crippen LogP contribution in [0.4, 0.5) is 0 Å². The van der Waals surface area contributed by atoms with Crippen LogP contribution < -0.4 is 0 Å².